The number of H-pyrrole nitrogens is 1. The van der Waals surface area contributed by atoms with Crippen molar-refractivity contribution < 1.29 is 34.5 Å². The summed E-state index contributed by atoms with van der Waals surface area (Å²) in [7, 11) is 0. The van der Waals surface area contributed by atoms with Crippen molar-refractivity contribution in [2.45, 2.75) is 43.4 Å². The van der Waals surface area contributed by atoms with E-state index in [4.69, 9.17) is 5.73 Å². The first-order valence-corrected chi connectivity index (χ1v) is 12.8. The first kappa shape index (κ1) is 29.6. The summed E-state index contributed by atoms with van der Waals surface area (Å²) in [4.78, 5) is 56.7. The Morgan fingerprint density at radius 3 is 2.19 bits per heavy atom. The van der Waals surface area contributed by atoms with Gasteiger partial charge in [0.2, 0.25) is 17.7 Å². The van der Waals surface area contributed by atoms with Crippen molar-refractivity contribution >= 4 is 35.5 Å². The summed E-state index contributed by atoms with van der Waals surface area (Å²) < 4.78 is 0. The Balaban J connectivity index is 2.13. The predicted octanol–water partition coefficient (Wildman–Crippen LogP) is -1.49. The van der Waals surface area contributed by atoms with Gasteiger partial charge < -0.3 is 42.0 Å². The number of amides is 3. The second-order valence-electron chi connectivity index (χ2n) is 8.24. The van der Waals surface area contributed by atoms with Crippen LogP contribution in [0.5, 0.6) is 5.75 Å². The van der Waals surface area contributed by atoms with Gasteiger partial charge in [-0.05, 0) is 36.1 Å². The topological polar surface area (TPSA) is 220 Å². The molecule has 3 amide bonds. The smallest absolute Gasteiger partial charge is 0.326 e. The highest BCUT2D eigenvalue weighted by molar-refractivity contribution is 7.98. The number of hydrogen-bond acceptors (Lipinski definition) is 9. The number of phenols is 1. The number of carboxylic acids is 1. The Morgan fingerprint density at radius 2 is 1.62 bits per heavy atom. The number of aliphatic hydroxyl groups excluding tert-OH is 1. The van der Waals surface area contributed by atoms with Gasteiger partial charge in [0.05, 0.1) is 19.0 Å². The molecule has 0 aliphatic carbocycles. The second kappa shape index (κ2) is 14.8. The summed E-state index contributed by atoms with van der Waals surface area (Å²) in [5.41, 5.74) is 6.85. The SMILES string of the molecule is CSCCC(N)C(=O)NC(CO)C(=O)NC(Cc1cnc[nH]1)C(=O)NC(Cc1ccc(O)cc1)C(=O)O. The number of benzene rings is 1. The number of thioether (sulfide) groups is 1. The van der Waals surface area contributed by atoms with Crippen molar-refractivity contribution in [3.8, 4) is 5.75 Å². The van der Waals surface area contributed by atoms with Gasteiger partial charge in [0.25, 0.3) is 0 Å². The third-order valence-corrected chi connectivity index (χ3v) is 6.03. The van der Waals surface area contributed by atoms with E-state index in [0.29, 0.717) is 23.4 Å². The maximum atomic E-state index is 13.1. The highest BCUT2D eigenvalue weighted by Crippen LogP contribution is 2.12. The van der Waals surface area contributed by atoms with E-state index in [0.717, 1.165) is 0 Å². The molecule has 2 aromatic rings. The number of nitrogens with zero attached hydrogens (tertiary/aromatic N) is 1. The molecule has 0 aliphatic heterocycles. The average Bonchev–Trinajstić information content (AvgIpc) is 3.39. The number of aromatic hydroxyl groups is 1. The van der Waals surface area contributed by atoms with E-state index in [2.05, 4.69) is 25.9 Å². The molecule has 1 aromatic heterocycles. The quantitative estimate of drug-likeness (QED) is 0.132. The van der Waals surface area contributed by atoms with Crippen LogP contribution >= 0.6 is 11.8 Å². The molecule has 1 aromatic carbocycles. The fourth-order valence-corrected chi connectivity index (χ4v) is 3.78. The third kappa shape index (κ3) is 9.74. The van der Waals surface area contributed by atoms with E-state index in [9.17, 15) is 34.5 Å². The molecule has 4 atom stereocenters. The Kier molecular flexibility index (Phi) is 11.9. The number of carboxylic acid groups (broad SMARTS) is 1. The van der Waals surface area contributed by atoms with Gasteiger partial charge >= 0.3 is 5.97 Å². The third-order valence-electron chi connectivity index (χ3n) is 5.39. The van der Waals surface area contributed by atoms with E-state index < -0.39 is 54.5 Å². The number of aliphatic carboxylic acids is 1. The molecule has 0 radical (unpaired) electrons. The summed E-state index contributed by atoms with van der Waals surface area (Å²) in [6.45, 7) is -0.746. The number of aromatic amines is 1. The lowest BCUT2D eigenvalue weighted by Gasteiger charge is -2.24. The average molecular weight is 537 g/mol. The van der Waals surface area contributed by atoms with E-state index >= 15 is 0 Å². The van der Waals surface area contributed by atoms with Gasteiger partial charge in [-0.15, -0.1) is 0 Å². The number of carbonyl (C=O) groups is 4. The van der Waals surface area contributed by atoms with E-state index in [-0.39, 0.29) is 18.6 Å². The van der Waals surface area contributed by atoms with Crippen LogP contribution < -0.4 is 21.7 Å². The molecule has 13 nitrogen and oxygen atoms in total. The van der Waals surface area contributed by atoms with Crippen LogP contribution in [-0.4, -0.2) is 91.8 Å². The van der Waals surface area contributed by atoms with Gasteiger partial charge in [0.15, 0.2) is 0 Å². The van der Waals surface area contributed by atoms with Crippen molar-refractivity contribution in [3.05, 3.63) is 48.0 Å². The lowest BCUT2D eigenvalue weighted by molar-refractivity contribution is -0.142. The zero-order valence-corrected chi connectivity index (χ0v) is 21.0. The van der Waals surface area contributed by atoms with Crippen LogP contribution in [-0.2, 0) is 32.0 Å². The van der Waals surface area contributed by atoms with Crippen molar-refractivity contribution in [1.29, 1.82) is 0 Å². The molecule has 14 heteroatoms. The Bertz CT molecular complexity index is 1030. The summed E-state index contributed by atoms with van der Waals surface area (Å²) in [5.74, 6) is -2.93. The van der Waals surface area contributed by atoms with Gasteiger partial charge in [-0.2, -0.15) is 11.8 Å². The van der Waals surface area contributed by atoms with Gasteiger partial charge in [-0.25, -0.2) is 9.78 Å². The number of imidazole rings is 1. The molecule has 2 rings (SSSR count). The maximum absolute atomic E-state index is 13.1. The lowest BCUT2D eigenvalue weighted by atomic mass is 10.0. The first-order valence-electron chi connectivity index (χ1n) is 11.4. The van der Waals surface area contributed by atoms with Crippen LogP contribution in [0.25, 0.3) is 0 Å². The minimum absolute atomic E-state index is 0.0118. The number of aliphatic hydroxyl groups is 1. The summed E-state index contributed by atoms with van der Waals surface area (Å²) in [6.07, 6.45) is 4.91. The molecule has 4 unspecified atom stereocenters. The monoisotopic (exact) mass is 536 g/mol. The molecule has 0 spiro atoms. The number of nitrogens with one attached hydrogen (secondary N) is 4. The highest BCUT2D eigenvalue weighted by Gasteiger charge is 2.30. The van der Waals surface area contributed by atoms with Crippen molar-refractivity contribution in [2.75, 3.05) is 18.6 Å². The first-order chi connectivity index (χ1) is 17.6. The standard InChI is InChI=1S/C23H32N6O7S/c1-37-7-6-16(24)20(32)29-19(11-30)22(34)27-17(9-14-10-25-12-26-14)21(33)28-18(23(35)36)8-13-2-4-15(31)5-3-13/h2-5,10,12,16-19,30-31H,6-9,11,24H2,1H3,(H,25,26)(H,27,34)(H,28,33)(H,29,32)(H,35,36). The molecule has 0 fully saturated rings. The zero-order valence-electron chi connectivity index (χ0n) is 20.2. The van der Waals surface area contributed by atoms with Gasteiger partial charge in [0.1, 0.15) is 23.9 Å². The molecule has 1 heterocycles. The fourth-order valence-electron chi connectivity index (χ4n) is 3.29. The van der Waals surface area contributed by atoms with Crippen LogP contribution in [0.1, 0.15) is 17.7 Å². The minimum atomic E-state index is -1.38. The number of nitrogens with two attached hydrogens (primary N) is 1. The molecule has 0 aliphatic rings. The number of aromatic nitrogens is 2. The van der Waals surface area contributed by atoms with Crippen molar-refractivity contribution in [3.63, 3.8) is 0 Å². The molecule has 202 valence electrons. The second-order valence-corrected chi connectivity index (χ2v) is 9.23. The van der Waals surface area contributed by atoms with E-state index in [1.54, 1.807) is 0 Å². The van der Waals surface area contributed by atoms with Crippen LogP contribution in [0.2, 0.25) is 0 Å². The number of hydrogen-bond donors (Lipinski definition) is 8. The van der Waals surface area contributed by atoms with Crippen LogP contribution in [0.3, 0.4) is 0 Å². The molecule has 0 saturated heterocycles. The van der Waals surface area contributed by atoms with Crippen LogP contribution in [0, 0.1) is 0 Å². The summed E-state index contributed by atoms with van der Waals surface area (Å²) in [6, 6.07) is 0.999. The van der Waals surface area contributed by atoms with E-state index in [1.165, 1.54) is 48.6 Å². The molecular weight excluding hydrogens is 504 g/mol. The Morgan fingerprint density at radius 1 is 1.00 bits per heavy atom. The fraction of sp³-hybridized carbons (Fsp3) is 0.435. The molecule has 0 saturated carbocycles. The molecule has 0 bridgehead atoms. The lowest BCUT2D eigenvalue weighted by Crippen LogP contribution is -2.58. The summed E-state index contributed by atoms with van der Waals surface area (Å²) in [5, 5.41) is 36.0. The normalized spacial score (nSPS) is 14.1. The number of phenolic OH excluding ortho intramolecular Hbond substituents is 1. The van der Waals surface area contributed by atoms with Gasteiger partial charge in [-0.1, -0.05) is 12.1 Å². The Labute approximate surface area is 217 Å². The largest absolute Gasteiger partial charge is 0.508 e. The minimum Gasteiger partial charge on any atom is -0.508 e. The van der Waals surface area contributed by atoms with Gasteiger partial charge in [0, 0.05) is 24.7 Å². The molecule has 37 heavy (non-hydrogen) atoms. The van der Waals surface area contributed by atoms with Gasteiger partial charge in [-0.3, -0.25) is 14.4 Å². The highest BCUT2D eigenvalue weighted by atomic mass is 32.2. The maximum Gasteiger partial charge on any atom is 0.326 e. The molecule has 9 N–H and O–H groups in total. The molecular formula is C23H32N6O7S. The van der Waals surface area contributed by atoms with Crippen LogP contribution in [0.15, 0.2) is 36.8 Å². The Hall–Kier alpha value is -3.62. The van der Waals surface area contributed by atoms with Crippen molar-refractivity contribution in [2.24, 2.45) is 5.73 Å². The predicted molar refractivity (Wildman–Crippen MR) is 136 cm³/mol. The summed E-state index contributed by atoms with van der Waals surface area (Å²) >= 11 is 1.51. The number of carbonyl (C=O) groups excluding carboxylic acids is 3. The number of rotatable bonds is 15. The van der Waals surface area contributed by atoms with E-state index in [1.807, 2.05) is 6.26 Å². The zero-order chi connectivity index (χ0) is 27.4. The van der Waals surface area contributed by atoms with Crippen molar-refractivity contribution in [1.82, 2.24) is 25.9 Å². The van der Waals surface area contributed by atoms with Crippen LogP contribution in [0.4, 0.5) is 0 Å².